The summed E-state index contributed by atoms with van der Waals surface area (Å²) >= 11 is 0. The number of amides is 1. The summed E-state index contributed by atoms with van der Waals surface area (Å²) in [4.78, 5) is 16.4. The van der Waals surface area contributed by atoms with Crippen molar-refractivity contribution in [3.8, 4) is 0 Å². The van der Waals surface area contributed by atoms with E-state index < -0.39 is 0 Å². The van der Waals surface area contributed by atoms with Crippen molar-refractivity contribution in [1.29, 1.82) is 0 Å². The lowest BCUT2D eigenvalue weighted by molar-refractivity contribution is -0.127. The standard InChI is InChI=1S/C18H20N2O2/c21-18(9-8-17-7-4-14-22-17)20-12-10-19(11-13-20)15-16-5-2-1-3-6-16/h1-9,14H,10-13,15H2. The van der Waals surface area contributed by atoms with E-state index in [0.717, 1.165) is 32.7 Å². The lowest BCUT2D eigenvalue weighted by atomic mass is 10.2. The molecule has 3 rings (SSSR count). The maximum atomic E-state index is 12.1. The predicted molar refractivity (Wildman–Crippen MR) is 86.0 cm³/mol. The zero-order chi connectivity index (χ0) is 15.2. The smallest absolute Gasteiger partial charge is 0.246 e. The van der Waals surface area contributed by atoms with Crippen molar-refractivity contribution < 1.29 is 9.21 Å². The molecule has 1 aromatic carbocycles. The van der Waals surface area contributed by atoms with Crippen molar-refractivity contribution >= 4 is 12.0 Å². The van der Waals surface area contributed by atoms with Crippen LogP contribution in [-0.4, -0.2) is 41.9 Å². The van der Waals surface area contributed by atoms with Crippen LogP contribution in [-0.2, 0) is 11.3 Å². The van der Waals surface area contributed by atoms with E-state index in [0.29, 0.717) is 5.76 Å². The average molecular weight is 296 g/mol. The highest BCUT2D eigenvalue weighted by atomic mass is 16.3. The van der Waals surface area contributed by atoms with Gasteiger partial charge in [-0.25, -0.2) is 0 Å². The molecule has 0 unspecified atom stereocenters. The van der Waals surface area contributed by atoms with Gasteiger partial charge in [-0.15, -0.1) is 0 Å². The Morgan fingerprint density at radius 1 is 1.05 bits per heavy atom. The van der Waals surface area contributed by atoms with E-state index >= 15 is 0 Å². The third-order valence-electron chi connectivity index (χ3n) is 3.87. The number of carbonyl (C=O) groups is 1. The Hall–Kier alpha value is -2.33. The van der Waals surface area contributed by atoms with Gasteiger partial charge in [-0.05, 0) is 23.8 Å². The molecule has 0 atom stereocenters. The van der Waals surface area contributed by atoms with Gasteiger partial charge in [0.1, 0.15) is 5.76 Å². The molecule has 4 nitrogen and oxygen atoms in total. The summed E-state index contributed by atoms with van der Waals surface area (Å²) in [5.41, 5.74) is 1.32. The van der Waals surface area contributed by atoms with Gasteiger partial charge >= 0.3 is 0 Å². The van der Waals surface area contributed by atoms with Crippen molar-refractivity contribution in [2.75, 3.05) is 26.2 Å². The van der Waals surface area contributed by atoms with Gasteiger partial charge in [0.25, 0.3) is 0 Å². The van der Waals surface area contributed by atoms with Crippen LogP contribution in [0.2, 0.25) is 0 Å². The maximum Gasteiger partial charge on any atom is 0.246 e. The quantitative estimate of drug-likeness (QED) is 0.814. The van der Waals surface area contributed by atoms with Crippen molar-refractivity contribution in [2.24, 2.45) is 0 Å². The molecule has 0 saturated carbocycles. The first kappa shape index (κ1) is 14.6. The summed E-state index contributed by atoms with van der Waals surface area (Å²) in [7, 11) is 0. The molecule has 1 amide bonds. The van der Waals surface area contributed by atoms with Crippen LogP contribution in [0, 0.1) is 0 Å². The van der Waals surface area contributed by atoms with Crippen LogP contribution < -0.4 is 0 Å². The van der Waals surface area contributed by atoms with Crippen LogP contribution in [0.25, 0.3) is 6.08 Å². The minimum absolute atomic E-state index is 0.0516. The van der Waals surface area contributed by atoms with Crippen LogP contribution in [0.4, 0.5) is 0 Å². The molecule has 0 aliphatic carbocycles. The Balaban J connectivity index is 1.48. The molecule has 1 aliphatic rings. The first-order valence-corrected chi connectivity index (χ1v) is 7.58. The second kappa shape index (κ2) is 7.09. The van der Waals surface area contributed by atoms with E-state index in [4.69, 9.17) is 4.42 Å². The monoisotopic (exact) mass is 296 g/mol. The van der Waals surface area contributed by atoms with Crippen molar-refractivity contribution in [3.05, 3.63) is 66.1 Å². The Kier molecular flexibility index (Phi) is 4.71. The third kappa shape index (κ3) is 3.86. The molecule has 114 valence electrons. The van der Waals surface area contributed by atoms with E-state index in [1.165, 1.54) is 5.56 Å². The highest BCUT2D eigenvalue weighted by Crippen LogP contribution is 2.09. The topological polar surface area (TPSA) is 36.7 Å². The zero-order valence-electron chi connectivity index (χ0n) is 12.5. The average Bonchev–Trinajstić information content (AvgIpc) is 3.08. The third-order valence-corrected chi connectivity index (χ3v) is 3.87. The van der Waals surface area contributed by atoms with Crippen LogP contribution in [0.15, 0.2) is 59.2 Å². The molecule has 22 heavy (non-hydrogen) atoms. The summed E-state index contributed by atoms with van der Waals surface area (Å²) in [5.74, 6) is 0.756. The fourth-order valence-electron chi connectivity index (χ4n) is 2.61. The van der Waals surface area contributed by atoms with E-state index in [-0.39, 0.29) is 5.91 Å². The fraction of sp³-hybridized carbons (Fsp3) is 0.278. The fourth-order valence-corrected chi connectivity index (χ4v) is 2.61. The highest BCUT2D eigenvalue weighted by Gasteiger charge is 2.19. The molecule has 2 heterocycles. The van der Waals surface area contributed by atoms with Crippen LogP contribution >= 0.6 is 0 Å². The van der Waals surface area contributed by atoms with Gasteiger partial charge in [-0.3, -0.25) is 9.69 Å². The number of hydrogen-bond acceptors (Lipinski definition) is 3. The van der Waals surface area contributed by atoms with E-state index in [9.17, 15) is 4.79 Å². The number of furan rings is 1. The molecular formula is C18H20N2O2. The minimum atomic E-state index is 0.0516. The van der Waals surface area contributed by atoms with Gasteiger partial charge in [0.15, 0.2) is 0 Å². The van der Waals surface area contributed by atoms with Crippen molar-refractivity contribution in [3.63, 3.8) is 0 Å². The lowest BCUT2D eigenvalue weighted by Gasteiger charge is -2.34. The maximum absolute atomic E-state index is 12.1. The second-order valence-corrected chi connectivity index (χ2v) is 5.44. The SMILES string of the molecule is O=C(C=Cc1ccco1)N1CCN(Cc2ccccc2)CC1. The Morgan fingerprint density at radius 3 is 2.50 bits per heavy atom. The summed E-state index contributed by atoms with van der Waals surface area (Å²) in [5, 5.41) is 0. The predicted octanol–water partition coefficient (Wildman–Crippen LogP) is 2.64. The molecule has 0 spiro atoms. The van der Waals surface area contributed by atoms with Gasteiger partial charge in [0.2, 0.25) is 5.91 Å². The molecule has 0 N–H and O–H groups in total. The molecule has 1 aromatic heterocycles. The molecular weight excluding hydrogens is 276 g/mol. The number of carbonyl (C=O) groups excluding carboxylic acids is 1. The van der Waals surface area contributed by atoms with Crippen molar-refractivity contribution in [1.82, 2.24) is 9.80 Å². The first-order chi connectivity index (χ1) is 10.8. The summed E-state index contributed by atoms with van der Waals surface area (Å²) in [6.07, 6.45) is 4.91. The number of rotatable bonds is 4. The zero-order valence-corrected chi connectivity index (χ0v) is 12.5. The summed E-state index contributed by atoms with van der Waals surface area (Å²) in [6.45, 7) is 4.32. The van der Waals surface area contributed by atoms with E-state index in [1.807, 2.05) is 23.1 Å². The van der Waals surface area contributed by atoms with Gasteiger partial charge < -0.3 is 9.32 Å². The number of benzene rings is 1. The van der Waals surface area contributed by atoms with Gasteiger partial charge in [0, 0.05) is 38.8 Å². The van der Waals surface area contributed by atoms with Crippen LogP contribution in [0.3, 0.4) is 0 Å². The van der Waals surface area contributed by atoms with Crippen LogP contribution in [0.5, 0.6) is 0 Å². The number of piperazine rings is 1. The molecule has 2 aromatic rings. The summed E-state index contributed by atoms with van der Waals surface area (Å²) < 4.78 is 5.19. The Bertz CT molecular complexity index is 612. The molecule has 1 saturated heterocycles. The molecule has 0 bridgehead atoms. The highest BCUT2D eigenvalue weighted by molar-refractivity contribution is 5.91. The largest absolute Gasteiger partial charge is 0.465 e. The number of hydrogen-bond donors (Lipinski definition) is 0. The molecule has 1 aliphatic heterocycles. The van der Waals surface area contributed by atoms with Gasteiger partial charge in [-0.1, -0.05) is 30.3 Å². The van der Waals surface area contributed by atoms with Gasteiger partial charge in [-0.2, -0.15) is 0 Å². The molecule has 4 heteroatoms. The van der Waals surface area contributed by atoms with Crippen molar-refractivity contribution in [2.45, 2.75) is 6.54 Å². The molecule has 1 fully saturated rings. The van der Waals surface area contributed by atoms with Crippen LogP contribution in [0.1, 0.15) is 11.3 Å². The lowest BCUT2D eigenvalue weighted by Crippen LogP contribution is -2.47. The van der Waals surface area contributed by atoms with Gasteiger partial charge in [0.05, 0.1) is 6.26 Å². The van der Waals surface area contributed by atoms with E-state index in [2.05, 4.69) is 29.2 Å². The summed E-state index contributed by atoms with van der Waals surface area (Å²) in [6, 6.07) is 14.1. The number of nitrogens with zero attached hydrogens (tertiary/aromatic N) is 2. The first-order valence-electron chi connectivity index (χ1n) is 7.58. The minimum Gasteiger partial charge on any atom is -0.465 e. The normalized spacial score (nSPS) is 16.3. The second-order valence-electron chi connectivity index (χ2n) is 5.44. The molecule has 0 radical (unpaired) electrons. The Morgan fingerprint density at radius 2 is 1.82 bits per heavy atom. The van der Waals surface area contributed by atoms with E-state index in [1.54, 1.807) is 18.4 Å². The Labute approximate surface area is 130 Å².